The first-order chi connectivity index (χ1) is 9.22. The van der Waals surface area contributed by atoms with Crippen molar-refractivity contribution in [3.63, 3.8) is 0 Å². The van der Waals surface area contributed by atoms with Gasteiger partial charge in [0.2, 0.25) is 0 Å². The van der Waals surface area contributed by atoms with E-state index in [9.17, 15) is 0 Å². The summed E-state index contributed by atoms with van der Waals surface area (Å²) in [7, 11) is 1.90. The zero-order chi connectivity index (χ0) is 15.1. The average molecular weight is 298 g/mol. The molecule has 1 aliphatic carbocycles. The minimum Gasteiger partial charge on any atom is -0.327 e. The van der Waals surface area contributed by atoms with Gasteiger partial charge in [0.15, 0.2) is 0 Å². The molecule has 3 nitrogen and oxygen atoms in total. The number of hydrogen-bond donors (Lipinski definition) is 1. The lowest BCUT2D eigenvalue weighted by Crippen LogP contribution is -2.44. The number of aromatic nitrogens is 2. The second kappa shape index (κ2) is 5.69. The fourth-order valence-electron chi connectivity index (χ4n) is 3.86. The van der Waals surface area contributed by atoms with E-state index in [1.165, 1.54) is 18.4 Å². The Labute approximate surface area is 127 Å². The van der Waals surface area contributed by atoms with Gasteiger partial charge in [-0.1, -0.05) is 38.8 Å². The van der Waals surface area contributed by atoms with Crippen molar-refractivity contribution in [3.05, 3.63) is 16.4 Å². The Balaban J connectivity index is 2.18. The zero-order valence-corrected chi connectivity index (χ0v) is 14.2. The topological polar surface area (TPSA) is 43.8 Å². The minimum atomic E-state index is 0.164. The Bertz CT molecular complexity index is 478. The minimum absolute atomic E-state index is 0.164. The van der Waals surface area contributed by atoms with E-state index >= 15 is 0 Å². The smallest absolute Gasteiger partial charge is 0.130 e. The number of nitrogens with two attached hydrogens (primary N) is 1. The standard InChI is InChI=1S/C16H28ClN3/c1-10-6-7-13(14(18)8-10)16(3,4)9-12-11(2)19-20(5)15(12)17/h10,13-14H,6-9,18H2,1-5H3. The molecule has 1 saturated carbocycles. The van der Waals surface area contributed by atoms with Crippen LogP contribution in [0.25, 0.3) is 0 Å². The first-order valence-electron chi connectivity index (χ1n) is 7.66. The van der Waals surface area contributed by atoms with Crippen LogP contribution in [0.3, 0.4) is 0 Å². The highest BCUT2D eigenvalue weighted by Crippen LogP contribution is 2.42. The molecule has 1 fully saturated rings. The molecular formula is C16H28ClN3. The molecule has 0 amide bonds. The SMILES string of the molecule is Cc1nn(C)c(Cl)c1CC(C)(C)C1CCC(C)CC1N. The van der Waals surface area contributed by atoms with Crippen molar-refractivity contribution >= 4 is 11.6 Å². The van der Waals surface area contributed by atoms with Crippen LogP contribution in [-0.4, -0.2) is 15.8 Å². The molecule has 2 rings (SSSR count). The number of nitrogens with zero attached hydrogens (tertiary/aromatic N) is 2. The third-order valence-corrected chi connectivity index (χ3v) is 5.54. The lowest BCUT2D eigenvalue weighted by Gasteiger charge is -2.43. The van der Waals surface area contributed by atoms with Crippen LogP contribution in [-0.2, 0) is 13.5 Å². The molecule has 114 valence electrons. The first kappa shape index (κ1) is 15.8. The molecule has 4 heteroatoms. The van der Waals surface area contributed by atoms with Crippen molar-refractivity contribution in [3.8, 4) is 0 Å². The third kappa shape index (κ3) is 3.04. The molecule has 2 N–H and O–H groups in total. The van der Waals surface area contributed by atoms with Crippen molar-refractivity contribution in [2.45, 2.75) is 59.4 Å². The normalized spacial score (nSPS) is 27.9. The van der Waals surface area contributed by atoms with E-state index in [0.29, 0.717) is 12.0 Å². The van der Waals surface area contributed by atoms with Gasteiger partial charge in [-0.3, -0.25) is 4.68 Å². The summed E-state index contributed by atoms with van der Waals surface area (Å²) in [5.74, 6) is 1.33. The van der Waals surface area contributed by atoms with Crippen LogP contribution in [0.5, 0.6) is 0 Å². The Hall–Kier alpha value is -0.540. The molecule has 0 aliphatic heterocycles. The highest BCUT2D eigenvalue weighted by molar-refractivity contribution is 6.30. The second-order valence-corrected chi connectivity index (χ2v) is 7.69. The van der Waals surface area contributed by atoms with E-state index in [1.807, 2.05) is 14.0 Å². The maximum Gasteiger partial charge on any atom is 0.130 e. The Morgan fingerprint density at radius 2 is 2.05 bits per heavy atom. The summed E-state index contributed by atoms with van der Waals surface area (Å²) in [4.78, 5) is 0. The van der Waals surface area contributed by atoms with E-state index < -0.39 is 0 Å². The summed E-state index contributed by atoms with van der Waals surface area (Å²) in [6.07, 6.45) is 4.62. The van der Waals surface area contributed by atoms with Crippen LogP contribution in [0.2, 0.25) is 5.15 Å². The lowest BCUT2D eigenvalue weighted by atomic mass is 9.64. The van der Waals surface area contributed by atoms with Gasteiger partial charge in [0, 0.05) is 18.7 Å². The van der Waals surface area contributed by atoms with Crippen molar-refractivity contribution in [1.29, 1.82) is 0 Å². The molecule has 0 radical (unpaired) electrons. The summed E-state index contributed by atoms with van der Waals surface area (Å²) in [5, 5.41) is 5.20. The van der Waals surface area contributed by atoms with Crippen LogP contribution in [0, 0.1) is 24.2 Å². The van der Waals surface area contributed by atoms with Crippen LogP contribution in [0.4, 0.5) is 0 Å². The highest BCUT2D eigenvalue weighted by atomic mass is 35.5. The molecule has 0 bridgehead atoms. The molecule has 3 atom stereocenters. The summed E-state index contributed by atoms with van der Waals surface area (Å²) < 4.78 is 1.77. The molecule has 1 aromatic rings. The molecule has 0 aromatic carbocycles. The number of aryl methyl sites for hydroxylation is 2. The van der Waals surface area contributed by atoms with Gasteiger partial charge in [-0.25, -0.2) is 0 Å². The Morgan fingerprint density at radius 1 is 1.40 bits per heavy atom. The molecular weight excluding hydrogens is 270 g/mol. The summed E-state index contributed by atoms with van der Waals surface area (Å²) in [5.41, 5.74) is 8.83. The molecule has 1 heterocycles. The van der Waals surface area contributed by atoms with Gasteiger partial charge in [-0.2, -0.15) is 5.10 Å². The van der Waals surface area contributed by atoms with E-state index in [0.717, 1.165) is 29.6 Å². The Kier molecular flexibility index (Phi) is 4.50. The fraction of sp³-hybridized carbons (Fsp3) is 0.812. The summed E-state index contributed by atoms with van der Waals surface area (Å²) >= 11 is 6.39. The van der Waals surface area contributed by atoms with Crippen molar-refractivity contribution < 1.29 is 0 Å². The molecule has 1 aromatic heterocycles. The summed E-state index contributed by atoms with van der Waals surface area (Å²) in [6, 6.07) is 0.310. The van der Waals surface area contributed by atoms with E-state index in [2.05, 4.69) is 25.9 Å². The Morgan fingerprint density at radius 3 is 2.55 bits per heavy atom. The van der Waals surface area contributed by atoms with E-state index in [-0.39, 0.29) is 5.41 Å². The quantitative estimate of drug-likeness (QED) is 0.924. The second-order valence-electron chi connectivity index (χ2n) is 7.33. The summed E-state index contributed by atoms with van der Waals surface area (Å²) in [6.45, 7) is 9.01. The van der Waals surface area contributed by atoms with Crippen LogP contribution in [0.1, 0.15) is 51.3 Å². The highest BCUT2D eigenvalue weighted by Gasteiger charge is 2.38. The predicted octanol–water partition coefficient (Wildman–Crippen LogP) is 3.71. The molecule has 1 aliphatic rings. The number of rotatable bonds is 3. The third-order valence-electron chi connectivity index (χ3n) is 5.07. The fourth-order valence-corrected chi connectivity index (χ4v) is 4.10. The van der Waals surface area contributed by atoms with Gasteiger partial charge in [0.1, 0.15) is 5.15 Å². The monoisotopic (exact) mass is 297 g/mol. The van der Waals surface area contributed by atoms with Gasteiger partial charge >= 0.3 is 0 Å². The van der Waals surface area contributed by atoms with Gasteiger partial charge in [0.25, 0.3) is 0 Å². The molecule has 3 unspecified atom stereocenters. The van der Waals surface area contributed by atoms with Crippen LogP contribution >= 0.6 is 11.6 Å². The van der Waals surface area contributed by atoms with E-state index in [1.54, 1.807) is 4.68 Å². The number of hydrogen-bond acceptors (Lipinski definition) is 2. The van der Waals surface area contributed by atoms with Gasteiger partial charge in [-0.05, 0) is 43.4 Å². The first-order valence-corrected chi connectivity index (χ1v) is 8.03. The van der Waals surface area contributed by atoms with Gasteiger partial charge in [0.05, 0.1) is 5.69 Å². The lowest BCUT2D eigenvalue weighted by molar-refractivity contribution is 0.113. The van der Waals surface area contributed by atoms with Crippen molar-refractivity contribution in [1.82, 2.24) is 9.78 Å². The zero-order valence-electron chi connectivity index (χ0n) is 13.4. The maximum atomic E-state index is 6.44. The van der Waals surface area contributed by atoms with Gasteiger partial charge < -0.3 is 5.73 Å². The predicted molar refractivity (Wildman–Crippen MR) is 84.9 cm³/mol. The van der Waals surface area contributed by atoms with E-state index in [4.69, 9.17) is 17.3 Å². The molecule has 0 saturated heterocycles. The molecule has 20 heavy (non-hydrogen) atoms. The van der Waals surface area contributed by atoms with Gasteiger partial charge in [-0.15, -0.1) is 0 Å². The van der Waals surface area contributed by atoms with Crippen LogP contribution in [0.15, 0.2) is 0 Å². The van der Waals surface area contributed by atoms with Crippen LogP contribution < -0.4 is 5.73 Å². The average Bonchev–Trinajstić information content (AvgIpc) is 2.55. The largest absolute Gasteiger partial charge is 0.327 e. The number of halogens is 1. The van der Waals surface area contributed by atoms with Crippen molar-refractivity contribution in [2.24, 2.45) is 30.0 Å². The molecule has 0 spiro atoms. The van der Waals surface area contributed by atoms with Crippen molar-refractivity contribution in [2.75, 3.05) is 0 Å². The maximum absolute atomic E-state index is 6.44.